The molecule has 0 saturated heterocycles. The third-order valence-electron chi connectivity index (χ3n) is 2.71. The quantitative estimate of drug-likeness (QED) is 0.700. The van der Waals surface area contributed by atoms with Crippen molar-refractivity contribution in [1.82, 2.24) is 9.55 Å². The van der Waals surface area contributed by atoms with Crippen molar-refractivity contribution in [1.29, 1.82) is 0 Å². The Balaban J connectivity index is 2.67. The van der Waals surface area contributed by atoms with E-state index in [4.69, 9.17) is 23.8 Å². The Hall–Kier alpha value is -0.580. The highest BCUT2D eigenvalue weighted by atomic mass is 79.9. The van der Waals surface area contributed by atoms with Crippen molar-refractivity contribution in [2.24, 2.45) is 0 Å². The van der Waals surface area contributed by atoms with E-state index in [1.165, 1.54) is 0 Å². The number of hydrogen-bond acceptors (Lipinski definition) is 1. The first-order valence-electron chi connectivity index (χ1n) is 5.57. The molecule has 0 aliphatic rings. The molecule has 18 heavy (non-hydrogen) atoms. The zero-order chi connectivity index (χ0) is 13.5. The molecule has 0 amide bonds. The van der Waals surface area contributed by atoms with E-state index < -0.39 is 0 Å². The van der Waals surface area contributed by atoms with Crippen molar-refractivity contribution in [3.8, 4) is 5.69 Å². The van der Waals surface area contributed by atoms with Crippen LogP contribution in [0.25, 0.3) is 5.69 Å². The van der Waals surface area contributed by atoms with E-state index in [2.05, 4.69) is 41.7 Å². The summed E-state index contributed by atoms with van der Waals surface area (Å²) in [5.74, 6) is 0. The Labute approximate surface area is 125 Å². The summed E-state index contributed by atoms with van der Waals surface area (Å²) in [7, 11) is 0. The molecule has 5 heteroatoms. The van der Waals surface area contributed by atoms with Gasteiger partial charge in [0.25, 0.3) is 0 Å². The molecule has 0 saturated carbocycles. The number of imidazole rings is 1. The van der Waals surface area contributed by atoms with Gasteiger partial charge in [0, 0.05) is 27.5 Å². The van der Waals surface area contributed by atoms with Crippen LogP contribution in [0.15, 0.2) is 28.9 Å². The zero-order valence-electron chi connectivity index (χ0n) is 10.4. The predicted octanol–water partition coefficient (Wildman–Crippen LogP) is 5.25. The highest BCUT2D eigenvalue weighted by Crippen LogP contribution is 2.29. The average Bonchev–Trinajstić information content (AvgIpc) is 2.64. The molecule has 0 unspecified atom stereocenters. The first-order chi connectivity index (χ1) is 8.30. The lowest BCUT2D eigenvalue weighted by atomic mass is 9.92. The lowest BCUT2D eigenvalue weighted by Crippen LogP contribution is -2.16. The fraction of sp³-hybridized carbons (Fsp3) is 0.308. The van der Waals surface area contributed by atoms with Gasteiger partial charge in [-0.05, 0) is 46.3 Å². The molecule has 1 N–H and O–H groups in total. The van der Waals surface area contributed by atoms with E-state index in [1.54, 1.807) is 0 Å². The van der Waals surface area contributed by atoms with E-state index in [1.807, 2.05) is 29.0 Å². The Morgan fingerprint density at radius 3 is 2.56 bits per heavy atom. The first kappa shape index (κ1) is 13.8. The monoisotopic (exact) mass is 344 g/mol. The minimum Gasteiger partial charge on any atom is -0.337 e. The summed E-state index contributed by atoms with van der Waals surface area (Å²) in [6.07, 6.45) is 1.96. The van der Waals surface area contributed by atoms with Crippen molar-refractivity contribution in [2.45, 2.75) is 26.2 Å². The summed E-state index contributed by atoms with van der Waals surface area (Å²) in [6.45, 7) is 6.46. The fourth-order valence-corrected chi connectivity index (χ4v) is 2.49. The molecule has 0 bridgehead atoms. The third-order valence-corrected chi connectivity index (χ3v) is 4.24. The number of nitrogens with zero attached hydrogens (tertiary/aromatic N) is 1. The molecule has 2 aromatic rings. The van der Waals surface area contributed by atoms with E-state index in [-0.39, 0.29) is 5.41 Å². The van der Waals surface area contributed by atoms with Gasteiger partial charge in [0.2, 0.25) is 0 Å². The summed E-state index contributed by atoms with van der Waals surface area (Å²) in [5, 5.41) is 0.676. The van der Waals surface area contributed by atoms with Gasteiger partial charge in [-0.2, -0.15) is 0 Å². The van der Waals surface area contributed by atoms with Gasteiger partial charge >= 0.3 is 0 Å². The molecular formula is C13H14BrClN2S. The molecule has 96 valence electrons. The van der Waals surface area contributed by atoms with Crippen LogP contribution in [0.3, 0.4) is 0 Å². The maximum atomic E-state index is 6.15. The van der Waals surface area contributed by atoms with Crippen LogP contribution in [-0.4, -0.2) is 9.55 Å². The van der Waals surface area contributed by atoms with Gasteiger partial charge in [0.1, 0.15) is 0 Å². The topological polar surface area (TPSA) is 20.7 Å². The Morgan fingerprint density at radius 2 is 2.00 bits per heavy atom. The minimum atomic E-state index is 0.00705. The second-order valence-electron chi connectivity index (χ2n) is 5.16. The van der Waals surface area contributed by atoms with Crippen LogP contribution in [0.5, 0.6) is 0 Å². The highest BCUT2D eigenvalue weighted by Gasteiger charge is 2.20. The second-order valence-corrected chi connectivity index (χ2v) is 6.81. The van der Waals surface area contributed by atoms with Crippen LogP contribution in [0.4, 0.5) is 0 Å². The van der Waals surface area contributed by atoms with Gasteiger partial charge in [0.15, 0.2) is 4.77 Å². The minimum absolute atomic E-state index is 0.00705. The molecule has 0 spiro atoms. The third kappa shape index (κ3) is 2.56. The molecule has 0 aliphatic carbocycles. The number of rotatable bonds is 1. The van der Waals surface area contributed by atoms with Gasteiger partial charge in [-0.25, -0.2) is 0 Å². The van der Waals surface area contributed by atoms with E-state index in [0.717, 1.165) is 15.9 Å². The molecule has 0 aliphatic heterocycles. The summed E-state index contributed by atoms with van der Waals surface area (Å²) >= 11 is 14.9. The van der Waals surface area contributed by atoms with E-state index in [0.29, 0.717) is 9.79 Å². The van der Waals surface area contributed by atoms with Crippen molar-refractivity contribution in [3.05, 3.63) is 44.4 Å². The van der Waals surface area contributed by atoms with Gasteiger partial charge in [0.05, 0.1) is 5.02 Å². The highest BCUT2D eigenvalue weighted by molar-refractivity contribution is 9.10. The zero-order valence-corrected chi connectivity index (χ0v) is 13.6. The SMILES string of the molecule is CC(C)(C)c1c[nH]c(=S)n1-c1ccc(Br)c(Cl)c1. The van der Waals surface area contributed by atoms with Gasteiger partial charge in [-0.15, -0.1) is 0 Å². The Morgan fingerprint density at radius 1 is 1.33 bits per heavy atom. The number of H-pyrrole nitrogens is 1. The van der Waals surface area contributed by atoms with Crippen LogP contribution in [0, 0.1) is 4.77 Å². The standard InChI is InChI=1S/C13H14BrClN2S/c1-13(2,3)11-7-16-12(18)17(11)8-4-5-9(14)10(15)6-8/h4-7H,1-3H3,(H,16,18). The lowest BCUT2D eigenvalue weighted by Gasteiger charge is -2.21. The van der Waals surface area contributed by atoms with E-state index >= 15 is 0 Å². The second kappa shape index (κ2) is 4.83. The van der Waals surface area contributed by atoms with E-state index in [9.17, 15) is 0 Å². The Bertz CT molecular complexity index is 637. The smallest absolute Gasteiger partial charge is 0.182 e. The molecule has 2 rings (SSSR count). The molecule has 0 atom stereocenters. The van der Waals surface area contributed by atoms with Crippen LogP contribution in [-0.2, 0) is 5.41 Å². The molecule has 1 aromatic heterocycles. The molecule has 1 heterocycles. The molecule has 0 fully saturated rings. The number of nitrogens with one attached hydrogen (secondary N) is 1. The van der Waals surface area contributed by atoms with Gasteiger partial charge in [-0.3, -0.25) is 4.57 Å². The predicted molar refractivity (Wildman–Crippen MR) is 82.4 cm³/mol. The van der Waals surface area contributed by atoms with Crippen molar-refractivity contribution >= 4 is 39.7 Å². The molecule has 0 radical (unpaired) electrons. The fourth-order valence-electron chi connectivity index (χ4n) is 1.80. The summed E-state index contributed by atoms with van der Waals surface area (Å²) < 4.78 is 3.58. The number of halogens is 2. The maximum absolute atomic E-state index is 6.15. The summed E-state index contributed by atoms with van der Waals surface area (Å²) in [6, 6.07) is 5.83. The largest absolute Gasteiger partial charge is 0.337 e. The van der Waals surface area contributed by atoms with Gasteiger partial charge in [-0.1, -0.05) is 32.4 Å². The first-order valence-corrected chi connectivity index (χ1v) is 7.15. The summed E-state index contributed by atoms with van der Waals surface area (Å²) in [4.78, 5) is 3.10. The Kier molecular flexibility index (Phi) is 3.72. The average molecular weight is 346 g/mol. The number of benzene rings is 1. The molecule has 1 aromatic carbocycles. The van der Waals surface area contributed by atoms with Crippen molar-refractivity contribution in [3.63, 3.8) is 0 Å². The van der Waals surface area contributed by atoms with Crippen molar-refractivity contribution < 1.29 is 0 Å². The van der Waals surface area contributed by atoms with Crippen LogP contribution < -0.4 is 0 Å². The summed E-state index contributed by atoms with van der Waals surface area (Å²) in [5.41, 5.74) is 2.11. The number of aromatic nitrogens is 2. The lowest BCUT2D eigenvalue weighted by molar-refractivity contribution is 0.556. The number of aromatic amines is 1. The van der Waals surface area contributed by atoms with Gasteiger partial charge < -0.3 is 4.98 Å². The number of hydrogen-bond donors (Lipinski definition) is 1. The molecular weight excluding hydrogens is 332 g/mol. The van der Waals surface area contributed by atoms with Crippen LogP contribution in [0.1, 0.15) is 26.5 Å². The normalized spacial score (nSPS) is 11.8. The van der Waals surface area contributed by atoms with Crippen LogP contribution in [0.2, 0.25) is 5.02 Å². The maximum Gasteiger partial charge on any atom is 0.182 e. The molecule has 2 nitrogen and oxygen atoms in total. The van der Waals surface area contributed by atoms with Crippen LogP contribution >= 0.6 is 39.7 Å². The van der Waals surface area contributed by atoms with Crippen molar-refractivity contribution in [2.75, 3.05) is 0 Å².